The van der Waals surface area contributed by atoms with E-state index in [-0.39, 0.29) is 23.9 Å². The van der Waals surface area contributed by atoms with Crippen molar-refractivity contribution in [2.75, 3.05) is 13.6 Å². The van der Waals surface area contributed by atoms with Crippen molar-refractivity contribution in [1.82, 2.24) is 9.21 Å². The number of nitrogens with zero attached hydrogens (tertiary/aromatic N) is 2. The summed E-state index contributed by atoms with van der Waals surface area (Å²) in [7, 11) is -2.29. The minimum absolute atomic E-state index is 0.0892. The number of carbonyl (C=O) groups excluding carboxylic acids is 1. The average Bonchev–Trinajstić information content (AvgIpc) is 3.18. The van der Waals surface area contributed by atoms with Crippen LogP contribution in [0.3, 0.4) is 0 Å². The number of sulfonamides is 1. The van der Waals surface area contributed by atoms with Crippen LogP contribution in [-0.2, 0) is 27.5 Å². The van der Waals surface area contributed by atoms with E-state index in [1.165, 1.54) is 40.5 Å². The fourth-order valence-corrected chi connectivity index (χ4v) is 5.18. The number of aryl methyl sites for hydroxylation is 1. The lowest BCUT2D eigenvalue weighted by Crippen LogP contribution is -2.46. The van der Waals surface area contributed by atoms with Crippen LogP contribution in [0, 0.1) is 6.92 Å². The minimum Gasteiger partial charge on any atom is -0.340 e. The molecular formula is C21H23F3N2O3S. The SMILES string of the molecule is Cc1ccc(S(=O)(=O)N2CCCC2C(=O)N(C)Cc2ccc(C(F)(F)F)cc2)cc1. The van der Waals surface area contributed by atoms with Crippen molar-refractivity contribution in [3.8, 4) is 0 Å². The van der Waals surface area contributed by atoms with E-state index in [1.54, 1.807) is 12.1 Å². The zero-order valence-electron chi connectivity index (χ0n) is 16.7. The normalized spacial score (nSPS) is 17.8. The van der Waals surface area contributed by atoms with E-state index in [0.717, 1.165) is 17.7 Å². The number of hydrogen-bond acceptors (Lipinski definition) is 3. The molecule has 1 aliphatic heterocycles. The first-order valence-corrected chi connectivity index (χ1v) is 10.9. The fraction of sp³-hybridized carbons (Fsp3) is 0.381. The summed E-state index contributed by atoms with van der Waals surface area (Å²) in [5.74, 6) is -0.372. The fourth-order valence-electron chi connectivity index (χ4n) is 3.53. The van der Waals surface area contributed by atoms with E-state index in [4.69, 9.17) is 0 Å². The third-order valence-corrected chi connectivity index (χ3v) is 7.12. The van der Waals surface area contributed by atoms with Gasteiger partial charge in [0.2, 0.25) is 15.9 Å². The monoisotopic (exact) mass is 440 g/mol. The van der Waals surface area contributed by atoms with Gasteiger partial charge in [-0.2, -0.15) is 17.5 Å². The lowest BCUT2D eigenvalue weighted by atomic mass is 10.1. The van der Waals surface area contributed by atoms with Gasteiger partial charge in [-0.3, -0.25) is 4.79 Å². The van der Waals surface area contributed by atoms with E-state index in [1.807, 2.05) is 6.92 Å². The van der Waals surface area contributed by atoms with Crippen molar-refractivity contribution in [2.24, 2.45) is 0 Å². The molecule has 9 heteroatoms. The second-order valence-electron chi connectivity index (χ2n) is 7.48. The molecule has 1 heterocycles. The van der Waals surface area contributed by atoms with Crippen molar-refractivity contribution in [3.05, 3.63) is 65.2 Å². The van der Waals surface area contributed by atoms with Crippen LogP contribution in [0.25, 0.3) is 0 Å². The number of hydrogen-bond donors (Lipinski definition) is 0. The molecular weight excluding hydrogens is 417 g/mol. The van der Waals surface area contributed by atoms with Crippen LogP contribution in [0.5, 0.6) is 0 Å². The smallest absolute Gasteiger partial charge is 0.340 e. The lowest BCUT2D eigenvalue weighted by molar-refractivity contribution is -0.137. The van der Waals surface area contributed by atoms with E-state index in [2.05, 4.69) is 0 Å². The van der Waals surface area contributed by atoms with Gasteiger partial charge in [-0.25, -0.2) is 8.42 Å². The van der Waals surface area contributed by atoms with Gasteiger partial charge < -0.3 is 4.90 Å². The Kier molecular flexibility index (Phi) is 6.24. The maximum absolute atomic E-state index is 13.0. The number of carbonyl (C=O) groups is 1. The van der Waals surface area contributed by atoms with Gasteiger partial charge in [-0.05, 0) is 49.6 Å². The Morgan fingerprint density at radius 1 is 1.10 bits per heavy atom. The molecule has 0 spiro atoms. The van der Waals surface area contributed by atoms with Gasteiger partial charge in [0.25, 0.3) is 0 Å². The molecule has 0 aromatic heterocycles. The Balaban J connectivity index is 1.74. The molecule has 0 saturated carbocycles. The van der Waals surface area contributed by atoms with Crippen LogP contribution in [0.2, 0.25) is 0 Å². The molecule has 2 aromatic carbocycles. The summed E-state index contributed by atoms with van der Waals surface area (Å²) in [5.41, 5.74) is 0.704. The molecule has 0 radical (unpaired) electrons. The summed E-state index contributed by atoms with van der Waals surface area (Å²) in [6.07, 6.45) is -3.45. The average molecular weight is 440 g/mol. The number of rotatable bonds is 5. The summed E-state index contributed by atoms with van der Waals surface area (Å²) in [6, 6.07) is 10.2. The van der Waals surface area contributed by atoms with E-state index in [0.29, 0.717) is 18.4 Å². The van der Waals surface area contributed by atoms with E-state index in [9.17, 15) is 26.4 Å². The molecule has 1 amide bonds. The van der Waals surface area contributed by atoms with Crippen molar-refractivity contribution in [1.29, 1.82) is 0 Å². The third-order valence-electron chi connectivity index (χ3n) is 5.19. The molecule has 0 N–H and O–H groups in total. The summed E-state index contributed by atoms with van der Waals surface area (Å²) in [5, 5.41) is 0. The maximum Gasteiger partial charge on any atom is 0.416 e. The largest absolute Gasteiger partial charge is 0.416 e. The molecule has 3 rings (SSSR count). The molecule has 162 valence electrons. The highest BCUT2D eigenvalue weighted by atomic mass is 32.2. The molecule has 1 aliphatic rings. The van der Waals surface area contributed by atoms with Gasteiger partial charge in [0.05, 0.1) is 10.5 Å². The predicted molar refractivity (Wildman–Crippen MR) is 106 cm³/mol. The number of likely N-dealkylation sites (N-methyl/N-ethyl adjacent to an activating group) is 1. The van der Waals surface area contributed by atoms with Gasteiger partial charge in [0.1, 0.15) is 6.04 Å². The topological polar surface area (TPSA) is 57.7 Å². The summed E-state index contributed by atoms with van der Waals surface area (Å²) >= 11 is 0. The first-order chi connectivity index (χ1) is 14.0. The Hall–Kier alpha value is -2.39. The predicted octanol–water partition coefficient (Wildman–Crippen LogP) is 3.83. The highest BCUT2D eigenvalue weighted by Gasteiger charge is 2.40. The van der Waals surface area contributed by atoms with Crippen LogP contribution in [0.15, 0.2) is 53.4 Å². The van der Waals surface area contributed by atoms with Crippen LogP contribution in [0.4, 0.5) is 13.2 Å². The molecule has 1 fully saturated rings. The molecule has 1 saturated heterocycles. The van der Waals surface area contributed by atoms with Crippen molar-refractivity contribution in [2.45, 2.75) is 43.4 Å². The Labute approximate surface area is 174 Å². The molecule has 5 nitrogen and oxygen atoms in total. The molecule has 0 bridgehead atoms. The van der Waals surface area contributed by atoms with Gasteiger partial charge >= 0.3 is 6.18 Å². The number of benzene rings is 2. The highest BCUT2D eigenvalue weighted by Crippen LogP contribution is 2.30. The van der Waals surface area contributed by atoms with Gasteiger partial charge in [-0.1, -0.05) is 29.8 Å². The first kappa shape index (κ1) is 22.3. The summed E-state index contributed by atoms with van der Waals surface area (Å²) in [4.78, 5) is 14.5. The van der Waals surface area contributed by atoms with Crippen molar-refractivity contribution >= 4 is 15.9 Å². The van der Waals surface area contributed by atoms with Crippen molar-refractivity contribution in [3.63, 3.8) is 0 Å². The maximum atomic E-state index is 13.0. The van der Waals surface area contributed by atoms with Crippen LogP contribution in [0.1, 0.15) is 29.5 Å². The molecule has 2 aromatic rings. The second-order valence-corrected chi connectivity index (χ2v) is 9.37. The molecule has 1 atom stereocenters. The standard InChI is InChI=1S/C21H23F3N2O3S/c1-15-5-11-18(12-6-15)30(28,29)26-13-3-4-19(26)20(27)25(2)14-16-7-9-17(10-8-16)21(22,23)24/h5-12,19H,3-4,13-14H2,1-2H3. The Bertz CT molecular complexity index is 1000. The number of amides is 1. The van der Waals surface area contributed by atoms with Crippen LogP contribution in [-0.4, -0.2) is 43.2 Å². The second kappa shape index (κ2) is 8.39. The zero-order valence-corrected chi connectivity index (χ0v) is 17.5. The number of halogens is 3. The molecule has 30 heavy (non-hydrogen) atoms. The van der Waals surface area contributed by atoms with Crippen molar-refractivity contribution < 1.29 is 26.4 Å². The lowest BCUT2D eigenvalue weighted by Gasteiger charge is -2.27. The number of alkyl halides is 3. The van der Waals surface area contributed by atoms with Gasteiger partial charge in [0, 0.05) is 20.1 Å². The zero-order chi connectivity index (χ0) is 22.1. The van der Waals surface area contributed by atoms with Gasteiger partial charge in [0.15, 0.2) is 0 Å². The summed E-state index contributed by atoms with van der Waals surface area (Å²) in [6.45, 7) is 2.20. The summed E-state index contributed by atoms with van der Waals surface area (Å²) < 4.78 is 65.4. The highest BCUT2D eigenvalue weighted by molar-refractivity contribution is 7.89. The molecule has 0 aliphatic carbocycles. The molecule has 1 unspecified atom stereocenters. The van der Waals surface area contributed by atoms with Crippen LogP contribution < -0.4 is 0 Å². The minimum atomic E-state index is -4.42. The van der Waals surface area contributed by atoms with Gasteiger partial charge in [-0.15, -0.1) is 0 Å². The Morgan fingerprint density at radius 3 is 2.27 bits per heavy atom. The van der Waals surface area contributed by atoms with E-state index >= 15 is 0 Å². The third kappa shape index (κ3) is 4.67. The van der Waals surface area contributed by atoms with Crippen LogP contribution >= 0.6 is 0 Å². The quantitative estimate of drug-likeness (QED) is 0.710. The first-order valence-electron chi connectivity index (χ1n) is 9.50. The van der Waals surface area contributed by atoms with E-state index < -0.39 is 27.8 Å². The Morgan fingerprint density at radius 2 is 1.70 bits per heavy atom.